The van der Waals surface area contributed by atoms with Crippen molar-refractivity contribution in [2.24, 2.45) is 0 Å². The molecule has 0 saturated carbocycles. The highest BCUT2D eigenvalue weighted by Gasteiger charge is 2.31. The van der Waals surface area contributed by atoms with E-state index in [-0.39, 0.29) is 23.5 Å². The van der Waals surface area contributed by atoms with Gasteiger partial charge in [-0.05, 0) is 38.0 Å². The third-order valence-electron chi connectivity index (χ3n) is 4.94. The highest BCUT2D eigenvalue weighted by atomic mass is 16.5. The van der Waals surface area contributed by atoms with Crippen molar-refractivity contribution in [3.8, 4) is 5.75 Å². The fraction of sp³-hybridized carbons (Fsp3) is 0.524. The summed E-state index contributed by atoms with van der Waals surface area (Å²) in [5.74, 6) is 1.74. The van der Waals surface area contributed by atoms with Gasteiger partial charge in [0.2, 0.25) is 5.95 Å². The molecule has 0 amide bonds. The Morgan fingerprint density at radius 3 is 2.86 bits per heavy atom. The van der Waals surface area contributed by atoms with Crippen LogP contribution in [-0.2, 0) is 4.74 Å². The molecule has 1 aromatic carbocycles. The first-order chi connectivity index (χ1) is 13.6. The Bertz CT molecular complexity index is 821. The van der Waals surface area contributed by atoms with Crippen molar-refractivity contribution in [1.82, 2.24) is 15.3 Å². The number of aromatic nitrogens is 2. The van der Waals surface area contributed by atoms with E-state index < -0.39 is 0 Å². The van der Waals surface area contributed by atoms with Crippen LogP contribution in [0.4, 0.5) is 5.95 Å². The first-order valence-corrected chi connectivity index (χ1v) is 9.88. The van der Waals surface area contributed by atoms with Gasteiger partial charge in [0.05, 0.1) is 18.9 Å². The highest BCUT2D eigenvalue weighted by Crippen LogP contribution is 2.36. The molecule has 1 aliphatic heterocycles. The minimum Gasteiger partial charge on any atom is -0.497 e. The van der Waals surface area contributed by atoms with Crippen LogP contribution < -0.4 is 20.9 Å². The Labute approximate surface area is 165 Å². The maximum atomic E-state index is 12.2. The van der Waals surface area contributed by atoms with Gasteiger partial charge in [-0.3, -0.25) is 9.78 Å². The lowest BCUT2D eigenvalue weighted by Gasteiger charge is -2.19. The smallest absolute Gasteiger partial charge is 0.252 e. The molecule has 7 nitrogen and oxygen atoms in total. The molecule has 3 N–H and O–H groups in total. The van der Waals surface area contributed by atoms with Gasteiger partial charge in [0.25, 0.3) is 5.56 Å². The van der Waals surface area contributed by atoms with Crippen molar-refractivity contribution < 1.29 is 9.47 Å². The number of ether oxygens (including phenoxy) is 2. The molecular weight excluding hydrogens is 356 g/mol. The third kappa shape index (κ3) is 5.33. The maximum absolute atomic E-state index is 12.2. The van der Waals surface area contributed by atoms with Gasteiger partial charge in [0, 0.05) is 44.1 Å². The first-order valence-electron chi connectivity index (χ1n) is 9.88. The lowest BCUT2D eigenvalue weighted by atomic mass is 9.86. The second kappa shape index (κ2) is 9.71. The molecule has 0 unspecified atom stereocenters. The van der Waals surface area contributed by atoms with E-state index in [0.717, 1.165) is 31.0 Å². The highest BCUT2D eigenvalue weighted by molar-refractivity contribution is 5.35. The van der Waals surface area contributed by atoms with E-state index in [2.05, 4.69) is 32.7 Å². The molecule has 0 spiro atoms. The zero-order valence-corrected chi connectivity index (χ0v) is 16.8. The molecule has 1 fully saturated rings. The number of rotatable bonds is 9. The van der Waals surface area contributed by atoms with Crippen molar-refractivity contribution in [3.63, 3.8) is 0 Å². The summed E-state index contributed by atoms with van der Waals surface area (Å²) >= 11 is 0. The van der Waals surface area contributed by atoms with E-state index in [1.807, 2.05) is 26.0 Å². The van der Waals surface area contributed by atoms with E-state index in [1.165, 1.54) is 5.56 Å². The molecule has 152 valence electrons. The van der Waals surface area contributed by atoms with Crippen molar-refractivity contribution in [1.29, 1.82) is 0 Å². The normalized spacial score (nSPS) is 19.1. The van der Waals surface area contributed by atoms with Gasteiger partial charge in [0.1, 0.15) is 5.75 Å². The first kappa shape index (κ1) is 20.4. The van der Waals surface area contributed by atoms with Crippen LogP contribution in [-0.4, -0.2) is 49.4 Å². The Balaban J connectivity index is 1.71. The summed E-state index contributed by atoms with van der Waals surface area (Å²) in [6, 6.07) is 9.72. The Kier molecular flexibility index (Phi) is 7.06. The van der Waals surface area contributed by atoms with Crippen molar-refractivity contribution in [3.05, 3.63) is 51.9 Å². The Morgan fingerprint density at radius 1 is 1.25 bits per heavy atom. The van der Waals surface area contributed by atoms with Gasteiger partial charge in [-0.25, -0.2) is 4.98 Å². The minimum atomic E-state index is -0.137. The van der Waals surface area contributed by atoms with Crippen LogP contribution in [0, 0.1) is 0 Å². The van der Waals surface area contributed by atoms with E-state index in [4.69, 9.17) is 9.47 Å². The van der Waals surface area contributed by atoms with Gasteiger partial charge in [-0.15, -0.1) is 0 Å². The van der Waals surface area contributed by atoms with E-state index >= 15 is 0 Å². The van der Waals surface area contributed by atoms with Crippen LogP contribution >= 0.6 is 0 Å². The molecule has 2 atom stereocenters. The molecule has 2 heterocycles. The van der Waals surface area contributed by atoms with E-state index in [1.54, 1.807) is 13.2 Å². The second-order valence-electron chi connectivity index (χ2n) is 7.37. The quantitative estimate of drug-likeness (QED) is 0.574. The van der Waals surface area contributed by atoms with E-state index in [0.29, 0.717) is 19.1 Å². The molecule has 1 aliphatic rings. The lowest BCUT2D eigenvalue weighted by Crippen LogP contribution is -2.19. The number of anilines is 1. The lowest BCUT2D eigenvalue weighted by molar-refractivity contribution is 0.0787. The van der Waals surface area contributed by atoms with Crippen molar-refractivity contribution in [2.45, 2.75) is 38.2 Å². The number of aromatic amines is 1. The topological polar surface area (TPSA) is 88.3 Å². The summed E-state index contributed by atoms with van der Waals surface area (Å²) in [5.41, 5.74) is 1.86. The zero-order valence-electron chi connectivity index (χ0n) is 16.8. The third-order valence-corrected chi connectivity index (χ3v) is 4.94. The molecule has 2 aromatic rings. The van der Waals surface area contributed by atoms with Crippen LogP contribution in [0.15, 0.2) is 35.1 Å². The Morgan fingerprint density at radius 2 is 2.07 bits per heavy atom. The average Bonchev–Trinajstić information content (AvgIpc) is 3.17. The predicted molar refractivity (Wildman–Crippen MR) is 110 cm³/mol. The van der Waals surface area contributed by atoms with Crippen LogP contribution in [0.5, 0.6) is 5.75 Å². The van der Waals surface area contributed by atoms with Gasteiger partial charge in [-0.1, -0.05) is 12.1 Å². The van der Waals surface area contributed by atoms with Crippen LogP contribution in [0.2, 0.25) is 0 Å². The minimum absolute atomic E-state index is 0.137. The molecule has 28 heavy (non-hydrogen) atoms. The second-order valence-corrected chi connectivity index (χ2v) is 7.37. The SMILES string of the molecule is COc1cccc([C@@H]2CNC[C@H]2c2cc(=O)[nH]c(NCCCOC(C)C)n2)c1. The fourth-order valence-electron chi connectivity index (χ4n) is 3.56. The van der Waals surface area contributed by atoms with Gasteiger partial charge in [-0.2, -0.15) is 0 Å². The summed E-state index contributed by atoms with van der Waals surface area (Å²) < 4.78 is 10.9. The summed E-state index contributed by atoms with van der Waals surface area (Å²) in [7, 11) is 1.67. The fourth-order valence-corrected chi connectivity index (χ4v) is 3.56. The molecular formula is C21H30N4O3. The number of nitrogens with one attached hydrogen (secondary N) is 3. The van der Waals surface area contributed by atoms with Crippen LogP contribution in [0.1, 0.15) is 43.4 Å². The van der Waals surface area contributed by atoms with Crippen LogP contribution in [0.3, 0.4) is 0 Å². The Hall–Kier alpha value is -2.38. The average molecular weight is 386 g/mol. The number of hydrogen-bond donors (Lipinski definition) is 3. The molecule has 0 aliphatic carbocycles. The number of methoxy groups -OCH3 is 1. The summed E-state index contributed by atoms with van der Waals surface area (Å²) in [6.07, 6.45) is 1.08. The van der Waals surface area contributed by atoms with Crippen molar-refractivity contribution in [2.75, 3.05) is 38.7 Å². The molecule has 3 rings (SSSR count). The monoisotopic (exact) mass is 386 g/mol. The van der Waals surface area contributed by atoms with Crippen molar-refractivity contribution >= 4 is 5.95 Å². The number of hydrogen-bond acceptors (Lipinski definition) is 6. The van der Waals surface area contributed by atoms with Crippen LogP contribution in [0.25, 0.3) is 0 Å². The number of H-pyrrole nitrogens is 1. The molecule has 7 heteroatoms. The summed E-state index contributed by atoms with van der Waals surface area (Å²) in [4.78, 5) is 19.7. The number of nitrogens with zero attached hydrogens (tertiary/aromatic N) is 1. The maximum Gasteiger partial charge on any atom is 0.252 e. The predicted octanol–water partition coefficient (Wildman–Crippen LogP) is 2.48. The molecule has 0 bridgehead atoms. The van der Waals surface area contributed by atoms with E-state index in [9.17, 15) is 4.79 Å². The van der Waals surface area contributed by atoms with Gasteiger partial charge < -0.3 is 20.1 Å². The standard InChI is InChI=1S/C21H30N4O3/c1-14(2)28-9-5-8-23-21-24-19(11-20(26)25-21)18-13-22-12-17(18)15-6-4-7-16(10-15)27-3/h4,6-7,10-11,14,17-18,22H,5,8-9,12-13H2,1-3H3,(H2,23,24,25,26)/t17-,18+/m0/s1. The zero-order chi connectivity index (χ0) is 19.9. The molecule has 0 radical (unpaired) electrons. The molecule has 1 saturated heterocycles. The summed E-state index contributed by atoms with van der Waals surface area (Å²) in [5, 5.41) is 6.65. The summed E-state index contributed by atoms with van der Waals surface area (Å²) in [6.45, 7) is 7.05. The van der Waals surface area contributed by atoms with Gasteiger partial charge in [0.15, 0.2) is 0 Å². The number of benzene rings is 1. The molecule has 1 aromatic heterocycles. The largest absolute Gasteiger partial charge is 0.497 e. The van der Waals surface area contributed by atoms with Gasteiger partial charge >= 0.3 is 0 Å².